The Morgan fingerprint density at radius 3 is 1.22 bits per heavy atom. The molecule has 56 heteroatoms. The number of ether oxygens (including phenoxy) is 16. The van der Waals surface area contributed by atoms with Gasteiger partial charge < -0.3 is 138 Å². The highest BCUT2D eigenvalue weighted by atomic mass is 32.3. The third-order valence-corrected chi connectivity index (χ3v) is 21.7. The zero-order valence-corrected chi connectivity index (χ0v) is 77.8. The number of carbonyl (C=O) groups excluding carboxylic acids is 6. The van der Waals surface area contributed by atoms with E-state index in [1.807, 2.05) is 0 Å². The van der Waals surface area contributed by atoms with E-state index in [1.165, 1.54) is 6.92 Å². The van der Waals surface area contributed by atoms with Gasteiger partial charge in [-0.25, -0.2) is 26.3 Å². The van der Waals surface area contributed by atoms with E-state index in [9.17, 15) is 121 Å². The largest absolute Gasteiger partial charge is 0.479 e. The van der Waals surface area contributed by atoms with Crippen LogP contribution in [0.3, 0.4) is 0 Å². The Labute approximate surface area is 767 Å². The molecule has 0 aromatic heterocycles. The summed E-state index contributed by atoms with van der Waals surface area (Å²) < 4.78 is 239. The van der Waals surface area contributed by atoms with Gasteiger partial charge in [0.2, 0.25) is 35.8 Å². The van der Waals surface area contributed by atoms with Crippen molar-refractivity contribution in [2.24, 2.45) is 11.8 Å². The van der Waals surface area contributed by atoms with E-state index in [0.717, 1.165) is 78.1 Å². The molecule has 772 valence electrons. The minimum Gasteiger partial charge on any atom is -0.479 e. The number of aliphatic carboxylic acids is 2. The normalized spacial score (nSPS) is 23.5. The number of hydrogen-bond donors (Lipinski definition) is 16. The van der Waals surface area contributed by atoms with E-state index in [1.54, 1.807) is 0 Å². The van der Waals surface area contributed by atoms with Crippen LogP contribution in [-0.2, 0) is 172 Å². The van der Waals surface area contributed by atoms with Crippen LogP contribution in [0.25, 0.3) is 0 Å². The van der Waals surface area contributed by atoms with Crippen LogP contribution in [-0.4, -0.2) is 405 Å². The van der Waals surface area contributed by atoms with Gasteiger partial charge in [-0.15, -0.1) is 0 Å². The lowest BCUT2D eigenvalue weighted by Gasteiger charge is -2.48. The molecule has 0 aromatic carbocycles. The van der Waals surface area contributed by atoms with E-state index < -0.39 is 183 Å². The summed E-state index contributed by atoms with van der Waals surface area (Å²) in [5.41, 5.74) is 0. The molecule has 19 atom stereocenters. The molecular formula is C76H137N5O47S4. The van der Waals surface area contributed by atoms with Crippen molar-refractivity contribution in [3.05, 3.63) is 0 Å². The van der Waals surface area contributed by atoms with Crippen LogP contribution in [0.5, 0.6) is 0 Å². The first-order chi connectivity index (χ1) is 62.5. The SMILES string of the molecule is COC(C(=O)O)C(OC1OC(COS(=O)(=O)O)C(O)C(O)C1C)C(O)C(OC1C(COS(=O)(=O)O)OC(OC2C(C(=O)O)OC(OCCCCCCNC(=O)CCOCCOCCOCCNC(=O)CCCCCCCNC(=O)CCOCCCOCCC(=O)NCCCCCCCC(=O)NCCOCCOCCOCCC(C)=O)C(OS(=O)(=O)O)C2O)C(C)C1O)OS(=O)(=O)O. The average Bonchev–Trinajstić information content (AvgIpc) is 0.768. The van der Waals surface area contributed by atoms with Gasteiger partial charge in [0.05, 0.1) is 118 Å². The maximum absolute atomic E-state index is 12.8. The maximum Gasteiger partial charge on any atom is 0.399 e. The molecule has 132 heavy (non-hydrogen) atoms. The highest BCUT2D eigenvalue weighted by molar-refractivity contribution is 7.81. The standard InChI is InChI=1S/C76H137N5O47S4/c1-50(82)22-34-112-40-44-116-46-42-114-38-29-80-55(83)20-13-7-5-9-15-26-77-57(85)23-35-110-31-19-32-111-36-24-58(86)78-27-16-10-6-8-14-21-56(84)81-30-39-115-43-47-117-45-41-113-37-25-59(87)79-28-17-11-12-18-33-118-76-68(127-131(103,104)105)63(91)66(70(126-76)72(95)96)124-74-52(3)61(89)65(54(122-74)49-120-130(100,101)102)123-75(128-132(106,107)108)64(92)67(69(109-4)71(93)94)125-73-51(2)60(88)62(90)53(121-73)48-119-129(97,98)99/h51-54,60-70,73-76,88-92H,5-49H2,1-4H3,(H,77,85)(H,78,86)(H,79,87)(H,80,83)(H,81,84)(H,93,94)(H,95,96)(H,97,98,99)(H,100,101,102)(H,103,104,105)(H,106,107,108). The molecule has 19 unspecified atom stereocenters. The number of Topliss-reactive ketones (excluding diaryl/α,β-unsaturated/α-hetero) is 1. The summed E-state index contributed by atoms with van der Waals surface area (Å²) in [5.74, 6) is -7.77. The lowest BCUT2D eigenvalue weighted by atomic mass is 9.91. The quantitative estimate of drug-likeness (QED) is 0.0165. The van der Waals surface area contributed by atoms with E-state index >= 15 is 0 Å². The Balaban J connectivity index is 1.23. The predicted molar refractivity (Wildman–Crippen MR) is 448 cm³/mol. The van der Waals surface area contributed by atoms with Crippen LogP contribution in [0.2, 0.25) is 0 Å². The lowest BCUT2D eigenvalue weighted by molar-refractivity contribution is -0.357. The van der Waals surface area contributed by atoms with Crippen molar-refractivity contribution >= 4 is 88.9 Å². The van der Waals surface area contributed by atoms with Gasteiger partial charge in [0, 0.05) is 110 Å². The molecule has 3 rings (SSSR count). The molecule has 0 spiro atoms. The summed E-state index contributed by atoms with van der Waals surface area (Å²) in [6, 6.07) is 0. The van der Waals surface area contributed by atoms with E-state index in [-0.39, 0.29) is 120 Å². The molecule has 3 fully saturated rings. The summed E-state index contributed by atoms with van der Waals surface area (Å²) >= 11 is 0. The van der Waals surface area contributed by atoms with Crippen LogP contribution < -0.4 is 26.6 Å². The van der Waals surface area contributed by atoms with E-state index in [4.69, 9.17) is 80.3 Å². The molecule has 52 nitrogen and oxygen atoms in total. The number of methoxy groups -OCH3 is 1. The molecule has 3 saturated heterocycles. The number of unbranched alkanes of at least 4 members (excludes halogenated alkanes) is 11. The second kappa shape index (κ2) is 67.8. The number of aliphatic hydroxyl groups excluding tert-OH is 5. The number of carboxylic acids is 2. The zero-order chi connectivity index (χ0) is 98.1. The number of amides is 5. The lowest BCUT2D eigenvalue weighted by Crippen LogP contribution is -2.65. The summed E-state index contributed by atoms with van der Waals surface area (Å²) in [6.07, 6.45) is -28.0. The van der Waals surface area contributed by atoms with Crippen molar-refractivity contribution in [1.29, 1.82) is 0 Å². The maximum atomic E-state index is 12.8. The molecule has 16 N–H and O–H groups in total. The van der Waals surface area contributed by atoms with Crippen molar-refractivity contribution < 1.29 is 219 Å². The Morgan fingerprint density at radius 1 is 0.379 bits per heavy atom. The third-order valence-electron chi connectivity index (χ3n) is 20.0. The van der Waals surface area contributed by atoms with E-state index in [0.29, 0.717) is 138 Å². The number of carboxylic acid groups (broad SMARTS) is 2. The zero-order valence-electron chi connectivity index (χ0n) is 74.5. The number of nitrogens with one attached hydrogen (secondary N) is 5. The highest BCUT2D eigenvalue weighted by Crippen LogP contribution is 2.37. The van der Waals surface area contributed by atoms with Gasteiger partial charge in [-0.3, -0.25) is 47.0 Å². The average molecular weight is 2000 g/mol. The van der Waals surface area contributed by atoms with Gasteiger partial charge in [-0.2, -0.15) is 33.7 Å². The Bertz CT molecular complexity index is 3740. The second-order valence-corrected chi connectivity index (χ2v) is 34.9. The summed E-state index contributed by atoms with van der Waals surface area (Å²) in [4.78, 5) is 97.3. The Kier molecular flexibility index (Phi) is 62.0. The smallest absolute Gasteiger partial charge is 0.399 e. The van der Waals surface area contributed by atoms with Gasteiger partial charge in [-0.05, 0) is 51.9 Å². The van der Waals surface area contributed by atoms with Crippen molar-refractivity contribution in [3.63, 3.8) is 0 Å². The second-order valence-electron chi connectivity index (χ2n) is 30.6. The van der Waals surface area contributed by atoms with Gasteiger partial charge in [-0.1, -0.05) is 65.2 Å². The minimum absolute atomic E-state index is 0.00797. The van der Waals surface area contributed by atoms with Gasteiger partial charge in [0.1, 0.15) is 54.6 Å². The van der Waals surface area contributed by atoms with Crippen molar-refractivity contribution in [2.45, 2.75) is 260 Å². The number of hydrogen-bond acceptors (Lipinski definition) is 41. The number of rotatable bonds is 80. The fourth-order valence-corrected chi connectivity index (χ4v) is 14.4. The first-order valence-corrected chi connectivity index (χ1v) is 48.9. The van der Waals surface area contributed by atoms with Gasteiger partial charge >= 0.3 is 53.5 Å². The van der Waals surface area contributed by atoms with Crippen LogP contribution >= 0.6 is 0 Å². The minimum atomic E-state index is -5.95. The highest BCUT2D eigenvalue weighted by Gasteiger charge is 2.57. The topological polar surface area (TPSA) is 740 Å². The molecule has 0 saturated carbocycles. The molecule has 0 aromatic rings. The van der Waals surface area contributed by atoms with Gasteiger partial charge in [0.15, 0.2) is 37.2 Å². The molecule has 3 aliphatic heterocycles. The summed E-state index contributed by atoms with van der Waals surface area (Å²) in [5, 5.41) is 91.2. The van der Waals surface area contributed by atoms with Crippen LogP contribution in [0.1, 0.15) is 156 Å². The molecule has 0 bridgehead atoms. The van der Waals surface area contributed by atoms with Crippen LogP contribution in [0, 0.1) is 11.8 Å². The van der Waals surface area contributed by atoms with Crippen molar-refractivity contribution in [1.82, 2.24) is 26.6 Å². The summed E-state index contributed by atoms with van der Waals surface area (Å²) in [7, 11) is -21.6. The fourth-order valence-electron chi connectivity index (χ4n) is 12.9. The predicted octanol–water partition coefficient (Wildman–Crippen LogP) is -2.94. The van der Waals surface area contributed by atoms with E-state index in [2.05, 4.69) is 43.3 Å². The Morgan fingerprint density at radius 2 is 0.780 bits per heavy atom. The molecule has 0 aliphatic carbocycles. The van der Waals surface area contributed by atoms with Crippen LogP contribution in [0.15, 0.2) is 0 Å². The number of carbonyl (C=O) groups is 8. The van der Waals surface area contributed by atoms with Gasteiger partial charge in [0.25, 0.3) is 0 Å². The number of ketones is 1. The first-order valence-electron chi connectivity index (χ1n) is 43.5. The first kappa shape index (κ1) is 121. The molecule has 3 aliphatic rings. The monoisotopic (exact) mass is 2000 g/mol. The molecular weight excluding hydrogens is 1860 g/mol. The van der Waals surface area contributed by atoms with Crippen molar-refractivity contribution in [2.75, 3.05) is 165 Å². The number of aliphatic hydroxyl groups is 5. The third kappa shape index (κ3) is 55.3. The molecule has 5 amide bonds. The fraction of sp³-hybridized carbons (Fsp3) is 0.895. The summed E-state index contributed by atoms with van der Waals surface area (Å²) in [6.45, 7) is 7.85. The van der Waals surface area contributed by atoms with Crippen LogP contribution in [0.4, 0.5) is 0 Å². The van der Waals surface area contributed by atoms with Crippen molar-refractivity contribution in [3.8, 4) is 0 Å². The Hall–Kier alpha value is -5.40. The molecule has 0 radical (unpaired) electrons. The molecule has 3 heterocycles.